The zero-order valence-corrected chi connectivity index (χ0v) is 22.6. The molecule has 2 fully saturated rings. The smallest absolute Gasteiger partial charge is 0.408 e. The summed E-state index contributed by atoms with van der Waals surface area (Å²) in [7, 11) is 0. The van der Waals surface area contributed by atoms with Crippen LogP contribution >= 0.6 is 0 Å². The highest BCUT2D eigenvalue weighted by atomic mass is 16.6. The van der Waals surface area contributed by atoms with Gasteiger partial charge in [0.1, 0.15) is 18.0 Å². The van der Waals surface area contributed by atoms with Gasteiger partial charge in [-0.2, -0.15) is 0 Å². The first-order valence-electron chi connectivity index (χ1n) is 14.6. The first-order valence-corrected chi connectivity index (χ1v) is 14.6. The van der Waals surface area contributed by atoms with E-state index in [0.29, 0.717) is 12.5 Å². The first-order chi connectivity index (χ1) is 19.0. The zero-order valence-electron chi connectivity index (χ0n) is 22.6. The molecule has 2 saturated carbocycles. The lowest BCUT2D eigenvalue weighted by Gasteiger charge is -2.35. The molecule has 1 aliphatic heterocycles. The molecule has 3 N–H and O–H groups in total. The number of pyridine rings is 1. The lowest BCUT2D eigenvalue weighted by molar-refractivity contribution is -0.140. The molecule has 2 heterocycles. The Hall–Kier alpha value is -3.13. The van der Waals surface area contributed by atoms with Gasteiger partial charge in [-0.25, -0.2) is 14.6 Å². The third-order valence-electron chi connectivity index (χ3n) is 8.49. The quantitative estimate of drug-likeness (QED) is 0.350. The number of carbonyl (C=O) groups is 2. The summed E-state index contributed by atoms with van der Waals surface area (Å²) in [6.07, 6.45) is 9.60. The van der Waals surface area contributed by atoms with Crippen molar-refractivity contribution in [3.63, 3.8) is 0 Å². The van der Waals surface area contributed by atoms with Crippen LogP contribution in [0.15, 0.2) is 42.5 Å². The van der Waals surface area contributed by atoms with Gasteiger partial charge in [-0.1, -0.05) is 42.8 Å². The molecule has 8 heteroatoms. The van der Waals surface area contributed by atoms with Gasteiger partial charge < -0.3 is 25.2 Å². The van der Waals surface area contributed by atoms with Crippen molar-refractivity contribution in [1.29, 1.82) is 0 Å². The number of alkyl carbamates (subject to hydrolysis) is 1. The van der Waals surface area contributed by atoms with Gasteiger partial charge in [0.05, 0.1) is 6.10 Å². The van der Waals surface area contributed by atoms with Gasteiger partial charge in [0.15, 0.2) is 0 Å². The average molecular weight is 536 g/mol. The second-order valence-corrected chi connectivity index (χ2v) is 11.3. The van der Waals surface area contributed by atoms with Crippen LogP contribution in [0.1, 0.15) is 80.5 Å². The lowest BCUT2D eigenvalue weighted by Crippen LogP contribution is -2.44. The molecule has 5 rings (SSSR count). The third-order valence-corrected chi connectivity index (χ3v) is 8.49. The molecule has 3 aliphatic rings. The van der Waals surface area contributed by atoms with Crippen molar-refractivity contribution in [2.75, 3.05) is 18.5 Å². The number of carbonyl (C=O) groups excluding carboxylic acids is 1. The van der Waals surface area contributed by atoms with E-state index < -0.39 is 18.1 Å². The Balaban J connectivity index is 1.00. The number of rotatable bonds is 11. The van der Waals surface area contributed by atoms with Gasteiger partial charge in [-0.15, -0.1) is 0 Å². The molecule has 3 atom stereocenters. The second-order valence-electron chi connectivity index (χ2n) is 11.3. The van der Waals surface area contributed by atoms with Crippen molar-refractivity contribution >= 4 is 17.9 Å². The number of carboxylic acids is 1. The molecular formula is C31H41N3O5. The molecule has 0 spiro atoms. The SMILES string of the molecule is O=C(NC(CCOC1CC(CCc2ccc3c(n2)NCCC3)C1)C(=O)O)O[C@H]1CCCC[C@@H]1c1ccccc1. The summed E-state index contributed by atoms with van der Waals surface area (Å²) in [4.78, 5) is 29.2. The summed E-state index contributed by atoms with van der Waals surface area (Å²) >= 11 is 0. The maximum absolute atomic E-state index is 12.6. The molecule has 0 bridgehead atoms. The van der Waals surface area contributed by atoms with Crippen LogP contribution in [-0.2, 0) is 27.1 Å². The van der Waals surface area contributed by atoms with Crippen LogP contribution in [0.4, 0.5) is 10.6 Å². The molecule has 1 aromatic carbocycles. The molecule has 0 saturated heterocycles. The minimum atomic E-state index is -1.07. The molecule has 2 aromatic rings. The number of hydrogen-bond acceptors (Lipinski definition) is 6. The Labute approximate surface area is 230 Å². The Morgan fingerprint density at radius 2 is 1.90 bits per heavy atom. The van der Waals surface area contributed by atoms with Crippen LogP contribution in [0.3, 0.4) is 0 Å². The van der Waals surface area contributed by atoms with Crippen LogP contribution < -0.4 is 10.6 Å². The van der Waals surface area contributed by atoms with E-state index in [2.05, 4.69) is 34.9 Å². The Morgan fingerprint density at radius 1 is 1.08 bits per heavy atom. The Kier molecular flexibility index (Phi) is 9.35. The summed E-state index contributed by atoms with van der Waals surface area (Å²) in [6, 6.07) is 13.4. The van der Waals surface area contributed by atoms with Crippen LogP contribution in [0, 0.1) is 5.92 Å². The van der Waals surface area contributed by atoms with Gasteiger partial charge in [0, 0.05) is 31.2 Å². The highest BCUT2D eigenvalue weighted by Crippen LogP contribution is 2.35. The molecule has 8 nitrogen and oxygen atoms in total. The number of carboxylic acid groups (broad SMARTS) is 1. The van der Waals surface area contributed by atoms with Crippen molar-refractivity contribution in [3.05, 3.63) is 59.3 Å². The standard InChI is InChI=1S/C31H41N3O5/c35-30(36)27(34-31(37)39-28-11-5-4-10-26(28)22-7-2-1-3-8-22)16-18-38-25-19-21(20-25)12-14-24-15-13-23-9-6-17-32-29(23)33-24/h1-3,7-8,13,15,21,25-28H,4-6,9-12,14,16-20H2,(H,32,33)(H,34,37)(H,35,36)/t21?,25?,26-,27?,28+/m1/s1. The fourth-order valence-electron chi connectivity index (χ4n) is 6.15. The maximum Gasteiger partial charge on any atom is 0.408 e. The second kappa shape index (κ2) is 13.3. The third kappa shape index (κ3) is 7.50. The Bertz CT molecular complexity index is 1100. The molecule has 1 amide bonds. The van der Waals surface area contributed by atoms with Crippen LogP contribution in [-0.4, -0.2) is 53.6 Å². The summed E-state index contributed by atoms with van der Waals surface area (Å²) < 4.78 is 11.7. The van der Waals surface area contributed by atoms with E-state index in [0.717, 1.165) is 81.4 Å². The number of hydrogen-bond donors (Lipinski definition) is 3. The topological polar surface area (TPSA) is 110 Å². The van der Waals surface area contributed by atoms with Crippen molar-refractivity contribution in [2.45, 2.75) is 94.8 Å². The summed E-state index contributed by atoms with van der Waals surface area (Å²) in [6.45, 7) is 1.29. The van der Waals surface area contributed by atoms with Crippen LogP contribution in [0.5, 0.6) is 0 Å². The van der Waals surface area contributed by atoms with Gasteiger partial charge in [0.2, 0.25) is 0 Å². The van der Waals surface area contributed by atoms with Crippen molar-refractivity contribution < 1.29 is 24.2 Å². The zero-order chi connectivity index (χ0) is 27.0. The molecular weight excluding hydrogens is 494 g/mol. The van der Waals surface area contributed by atoms with Crippen LogP contribution in [0.2, 0.25) is 0 Å². The number of fused-ring (bicyclic) bond motifs is 1. The van der Waals surface area contributed by atoms with Crippen molar-refractivity contribution in [1.82, 2.24) is 10.3 Å². The lowest BCUT2D eigenvalue weighted by atomic mass is 9.79. The van der Waals surface area contributed by atoms with E-state index in [9.17, 15) is 14.7 Å². The number of nitrogens with zero attached hydrogens (tertiary/aromatic N) is 1. The number of benzene rings is 1. The summed E-state index contributed by atoms with van der Waals surface area (Å²) in [5.41, 5.74) is 3.61. The summed E-state index contributed by atoms with van der Waals surface area (Å²) in [5, 5.41) is 15.6. The van der Waals surface area contributed by atoms with Gasteiger partial charge in [-0.3, -0.25) is 0 Å². The molecule has 210 valence electrons. The monoisotopic (exact) mass is 535 g/mol. The average Bonchev–Trinajstić information content (AvgIpc) is 2.93. The predicted octanol–water partition coefficient (Wildman–Crippen LogP) is 5.46. The minimum absolute atomic E-state index is 0.142. The van der Waals surface area contributed by atoms with Gasteiger partial charge >= 0.3 is 12.1 Å². The van der Waals surface area contributed by atoms with Crippen molar-refractivity contribution in [2.24, 2.45) is 5.92 Å². The molecule has 39 heavy (non-hydrogen) atoms. The van der Waals surface area contributed by atoms with Crippen molar-refractivity contribution in [3.8, 4) is 0 Å². The van der Waals surface area contributed by atoms with E-state index in [1.165, 1.54) is 12.0 Å². The number of aliphatic carboxylic acids is 1. The molecule has 0 radical (unpaired) electrons. The number of aryl methyl sites for hydroxylation is 2. The predicted molar refractivity (Wildman–Crippen MR) is 149 cm³/mol. The normalized spacial score (nSPS) is 24.9. The fourth-order valence-corrected chi connectivity index (χ4v) is 6.15. The largest absolute Gasteiger partial charge is 0.480 e. The first kappa shape index (κ1) is 27.4. The highest BCUT2D eigenvalue weighted by molar-refractivity contribution is 5.79. The fraction of sp³-hybridized carbons (Fsp3) is 0.581. The number of nitrogens with one attached hydrogen (secondary N) is 2. The van der Waals surface area contributed by atoms with E-state index >= 15 is 0 Å². The number of ether oxygens (including phenoxy) is 2. The van der Waals surface area contributed by atoms with E-state index in [4.69, 9.17) is 14.5 Å². The molecule has 2 aliphatic carbocycles. The summed E-state index contributed by atoms with van der Waals surface area (Å²) in [5.74, 6) is 0.729. The number of aromatic nitrogens is 1. The number of anilines is 1. The highest BCUT2D eigenvalue weighted by Gasteiger charge is 2.32. The van der Waals surface area contributed by atoms with Gasteiger partial charge in [0.25, 0.3) is 0 Å². The number of amides is 1. The minimum Gasteiger partial charge on any atom is -0.480 e. The Morgan fingerprint density at radius 3 is 2.72 bits per heavy atom. The van der Waals surface area contributed by atoms with E-state index in [1.807, 2.05) is 18.2 Å². The molecule has 1 unspecified atom stereocenters. The van der Waals surface area contributed by atoms with E-state index in [-0.39, 0.29) is 24.5 Å². The van der Waals surface area contributed by atoms with Gasteiger partial charge in [-0.05, 0) is 80.9 Å². The maximum atomic E-state index is 12.6. The van der Waals surface area contributed by atoms with Crippen LogP contribution in [0.25, 0.3) is 0 Å². The molecule has 1 aromatic heterocycles. The van der Waals surface area contributed by atoms with E-state index in [1.54, 1.807) is 0 Å².